The molecule has 0 atom stereocenters. The molecule has 0 spiro atoms. The lowest BCUT2D eigenvalue weighted by Gasteiger charge is -2.31. The summed E-state index contributed by atoms with van der Waals surface area (Å²) < 4.78 is 40.5. The van der Waals surface area contributed by atoms with E-state index in [0.29, 0.717) is 30.2 Å². The maximum atomic E-state index is 13.4. The number of rotatable bonds is 5. The number of ether oxygens (including phenoxy) is 2. The van der Waals surface area contributed by atoms with Crippen molar-refractivity contribution in [3.05, 3.63) is 60.4 Å². The molecule has 0 radical (unpaired) electrons. The summed E-state index contributed by atoms with van der Waals surface area (Å²) in [5, 5.41) is 4.23. The first-order chi connectivity index (χ1) is 13.5. The highest BCUT2D eigenvalue weighted by atomic mass is 32.2. The highest BCUT2D eigenvalue weighted by Crippen LogP contribution is 2.40. The van der Waals surface area contributed by atoms with E-state index < -0.39 is 10.0 Å². The van der Waals surface area contributed by atoms with Crippen molar-refractivity contribution in [1.29, 1.82) is 0 Å². The van der Waals surface area contributed by atoms with Gasteiger partial charge in [0.1, 0.15) is 16.4 Å². The molecule has 8 heteroatoms. The molecule has 0 fully saturated rings. The average molecular weight is 399 g/mol. The number of nitrogens with zero attached hydrogens (tertiary/aromatic N) is 3. The third kappa shape index (κ3) is 3.09. The van der Waals surface area contributed by atoms with Crippen LogP contribution in [-0.2, 0) is 16.4 Å². The van der Waals surface area contributed by atoms with E-state index in [1.165, 1.54) is 16.7 Å². The molecule has 1 aliphatic rings. The largest absolute Gasteiger partial charge is 0.497 e. The zero-order chi connectivity index (χ0) is 19.7. The maximum absolute atomic E-state index is 13.4. The first kappa shape index (κ1) is 18.4. The fourth-order valence-electron chi connectivity index (χ4n) is 3.44. The molecule has 0 saturated heterocycles. The number of sulfonamides is 1. The Morgan fingerprint density at radius 3 is 2.57 bits per heavy atom. The van der Waals surface area contributed by atoms with Crippen molar-refractivity contribution in [3.63, 3.8) is 0 Å². The SMILES string of the molecule is COc1cc(OC)c2c(c1)N(S(=O)(=O)c1cnn(-c3ccccc3)c1)CCC2. The van der Waals surface area contributed by atoms with Gasteiger partial charge in [0.05, 0.1) is 38.0 Å². The summed E-state index contributed by atoms with van der Waals surface area (Å²) >= 11 is 0. The Morgan fingerprint density at radius 2 is 1.86 bits per heavy atom. The lowest BCUT2D eigenvalue weighted by Crippen LogP contribution is -2.35. The molecule has 0 aliphatic carbocycles. The average Bonchev–Trinajstić information content (AvgIpc) is 3.24. The van der Waals surface area contributed by atoms with Crippen LogP contribution in [0.5, 0.6) is 11.5 Å². The molecule has 0 amide bonds. The lowest BCUT2D eigenvalue weighted by atomic mass is 10.0. The lowest BCUT2D eigenvalue weighted by molar-refractivity contribution is 0.390. The van der Waals surface area contributed by atoms with Crippen molar-refractivity contribution in [2.24, 2.45) is 0 Å². The summed E-state index contributed by atoms with van der Waals surface area (Å²) in [5.41, 5.74) is 2.26. The number of fused-ring (bicyclic) bond motifs is 1. The Hall–Kier alpha value is -3.00. The maximum Gasteiger partial charge on any atom is 0.267 e. The molecule has 0 unspecified atom stereocenters. The van der Waals surface area contributed by atoms with E-state index >= 15 is 0 Å². The van der Waals surface area contributed by atoms with Crippen LogP contribution in [0.25, 0.3) is 5.69 Å². The Kier molecular flexibility index (Phi) is 4.72. The molecule has 4 rings (SSSR count). The number of anilines is 1. The molecule has 2 aromatic carbocycles. The fourth-order valence-corrected chi connectivity index (χ4v) is 4.90. The summed E-state index contributed by atoms with van der Waals surface area (Å²) in [6.07, 6.45) is 4.38. The molecule has 1 aliphatic heterocycles. The van der Waals surface area contributed by atoms with Crippen molar-refractivity contribution < 1.29 is 17.9 Å². The van der Waals surface area contributed by atoms with Gasteiger partial charge in [-0.3, -0.25) is 4.31 Å². The second kappa shape index (κ2) is 7.20. The van der Waals surface area contributed by atoms with Gasteiger partial charge in [-0.1, -0.05) is 18.2 Å². The smallest absolute Gasteiger partial charge is 0.267 e. The van der Waals surface area contributed by atoms with Crippen molar-refractivity contribution in [2.45, 2.75) is 17.7 Å². The minimum absolute atomic E-state index is 0.144. The van der Waals surface area contributed by atoms with Crippen molar-refractivity contribution in [1.82, 2.24) is 9.78 Å². The van der Waals surface area contributed by atoms with Gasteiger partial charge in [0.2, 0.25) is 0 Å². The number of para-hydroxylation sites is 1. The van der Waals surface area contributed by atoms with Crippen LogP contribution < -0.4 is 13.8 Å². The van der Waals surface area contributed by atoms with Gasteiger partial charge in [-0.05, 0) is 25.0 Å². The molecular weight excluding hydrogens is 378 g/mol. The molecule has 1 aromatic heterocycles. The van der Waals surface area contributed by atoms with Crippen LogP contribution in [0.3, 0.4) is 0 Å². The summed E-state index contributed by atoms with van der Waals surface area (Å²) in [6, 6.07) is 12.9. The minimum atomic E-state index is -3.77. The monoisotopic (exact) mass is 399 g/mol. The predicted octanol–water partition coefficient (Wildman–Crippen LogP) is 3.03. The fraction of sp³-hybridized carbons (Fsp3) is 0.250. The van der Waals surface area contributed by atoms with Crippen molar-refractivity contribution in [3.8, 4) is 17.2 Å². The standard InChI is InChI=1S/C20H21N3O4S/c1-26-16-11-19-18(20(12-16)27-2)9-6-10-23(19)28(24,25)17-13-21-22(14-17)15-7-4-3-5-8-15/h3-5,7-8,11-14H,6,9-10H2,1-2H3. The summed E-state index contributed by atoms with van der Waals surface area (Å²) in [7, 11) is -0.650. The molecule has 0 N–H and O–H groups in total. The predicted molar refractivity (Wildman–Crippen MR) is 106 cm³/mol. The summed E-state index contributed by atoms with van der Waals surface area (Å²) in [4.78, 5) is 0.144. The Labute approximate surface area is 164 Å². The summed E-state index contributed by atoms with van der Waals surface area (Å²) in [5.74, 6) is 1.19. The van der Waals surface area contributed by atoms with E-state index in [4.69, 9.17) is 9.47 Å². The van der Waals surface area contributed by atoms with Gasteiger partial charge < -0.3 is 9.47 Å². The molecule has 7 nitrogen and oxygen atoms in total. The van der Waals surface area contributed by atoms with Crippen LogP contribution in [0.2, 0.25) is 0 Å². The normalized spacial score (nSPS) is 13.9. The van der Waals surface area contributed by atoms with Gasteiger partial charge >= 0.3 is 0 Å². The van der Waals surface area contributed by atoms with Crippen LogP contribution in [0, 0.1) is 0 Å². The van der Waals surface area contributed by atoms with Gasteiger partial charge in [-0.2, -0.15) is 5.10 Å². The van der Waals surface area contributed by atoms with E-state index in [0.717, 1.165) is 17.7 Å². The zero-order valence-electron chi connectivity index (χ0n) is 15.7. The second-order valence-electron chi connectivity index (χ2n) is 6.46. The van der Waals surface area contributed by atoms with Gasteiger partial charge in [0.25, 0.3) is 10.0 Å². The Morgan fingerprint density at radius 1 is 1.07 bits per heavy atom. The Balaban J connectivity index is 1.77. The van der Waals surface area contributed by atoms with Crippen molar-refractivity contribution >= 4 is 15.7 Å². The number of hydrogen-bond donors (Lipinski definition) is 0. The molecule has 2 heterocycles. The quantitative estimate of drug-likeness (QED) is 0.659. The van der Waals surface area contributed by atoms with E-state index in [2.05, 4.69) is 5.10 Å². The van der Waals surface area contributed by atoms with Gasteiger partial charge in [-0.15, -0.1) is 0 Å². The first-order valence-corrected chi connectivity index (χ1v) is 10.4. The number of aromatic nitrogens is 2. The molecular formula is C20H21N3O4S. The van der Waals surface area contributed by atoms with Gasteiger partial charge in [0, 0.05) is 24.2 Å². The molecule has 3 aromatic rings. The first-order valence-electron chi connectivity index (χ1n) is 8.92. The van der Waals surface area contributed by atoms with Crippen LogP contribution in [0.1, 0.15) is 12.0 Å². The van der Waals surface area contributed by atoms with E-state index in [1.807, 2.05) is 30.3 Å². The molecule has 28 heavy (non-hydrogen) atoms. The highest BCUT2D eigenvalue weighted by molar-refractivity contribution is 7.92. The zero-order valence-corrected chi connectivity index (χ0v) is 16.5. The Bertz CT molecular complexity index is 1090. The summed E-state index contributed by atoms with van der Waals surface area (Å²) in [6.45, 7) is 0.391. The molecule has 0 saturated carbocycles. The van der Waals surface area contributed by atoms with E-state index in [-0.39, 0.29) is 4.90 Å². The van der Waals surface area contributed by atoms with Crippen molar-refractivity contribution in [2.75, 3.05) is 25.1 Å². The van der Waals surface area contributed by atoms with E-state index in [9.17, 15) is 8.42 Å². The topological polar surface area (TPSA) is 73.7 Å². The third-order valence-electron chi connectivity index (χ3n) is 4.84. The second-order valence-corrected chi connectivity index (χ2v) is 8.33. The minimum Gasteiger partial charge on any atom is -0.497 e. The van der Waals surface area contributed by atoms with Crippen LogP contribution in [0.15, 0.2) is 59.8 Å². The van der Waals surface area contributed by atoms with E-state index in [1.54, 1.807) is 31.0 Å². The number of benzene rings is 2. The number of methoxy groups -OCH3 is 2. The molecule has 146 valence electrons. The highest BCUT2D eigenvalue weighted by Gasteiger charge is 2.32. The van der Waals surface area contributed by atoms with Crippen LogP contribution in [0.4, 0.5) is 5.69 Å². The van der Waals surface area contributed by atoms with Gasteiger partial charge in [-0.25, -0.2) is 13.1 Å². The molecule has 0 bridgehead atoms. The third-order valence-corrected chi connectivity index (χ3v) is 6.60. The van der Waals surface area contributed by atoms with Crippen LogP contribution >= 0.6 is 0 Å². The number of hydrogen-bond acceptors (Lipinski definition) is 5. The van der Waals surface area contributed by atoms with Gasteiger partial charge in [0.15, 0.2) is 0 Å². The van der Waals surface area contributed by atoms with Crippen LogP contribution in [-0.4, -0.2) is 39.0 Å².